The minimum Gasteiger partial charge on any atom is -0.497 e. The van der Waals surface area contributed by atoms with Crippen LogP contribution in [0, 0.1) is 0 Å². The fourth-order valence-electron chi connectivity index (χ4n) is 5.18. The van der Waals surface area contributed by atoms with Gasteiger partial charge < -0.3 is 19.5 Å². The Morgan fingerprint density at radius 1 is 1.03 bits per heavy atom. The Labute approximate surface area is 220 Å². The van der Waals surface area contributed by atoms with Crippen molar-refractivity contribution in [3.63, 3.8) is 0 Å². The van der Waals surface area contributed by atoms with Gasteiger partial charge in [0.05, 0.1) is 7.11 Å². The highest BCUT2D eigenvalue weighted by atomic mass is 16.6. The summed E-state index contributed by atoms with van der Waals surface area (Å²) in [5, 5.41) is 3.30. The minimum absolute atomic E-state index is 0.0345. The number of methoxy groups -OCH3 is 1. The number of Topliss-reactive ketones (excluding diaryl/α,β-unsaturated/α-hetero) is 1. The molecule has 2 unspecified atom stereocenters. The summed E-state index contributed by atoms with van der Waals surface area (Å²) < 4.78 is 16.6. The first-order chi connectivity index (χ1) is 18.0. The predicted octanol–water partition coefficient (Wildman–Crippen LogP) is 4.81. The van der Waals surface area contributed by atoms with E-state index in [4.69, 9.17) is 14.2 Å². The van der Waals surface area contributed by atoms with Gasteiger partial charge in [-0.3, -0.25) is 14.5 Å². The Morgan fingerprint density at radius 2 is 1.78 bits per heavy atom. The summed E-state index contributed by atoms with van der Waals surface area (Å²) in [5.41, 5.74) is 1.84. The molecule has 2 aromatic rings. The molecule has 0 aromatic heterocycles. The second kappa shape index (κ2) is 13.5. The largest absolute Gasteiger partial charge is 0.497 e. The maximum atomic E-state index is 12.9. The van der Waals surface area contributed by atoms with Crippen molar-refractivity contribution in [1.82, 2.24) is 10.2 Å². The molecule has 1 N–H and O–H groups in total. The van der Waals surface area contributed by atoms with E-state index < -0.39 is 0 Å². The van der Waals surface area contributed by atoms with Crippen LogP contribution in [0.1, 0.15) is 67.8 Å². The average molecular weight is 509 g/mol. The van der Waals surface area contributed by atoms with Gasteiger partial charge in [-0.05, 0) is 87.5 Å². The van der Waals surface area contributed by atoms with Crippen molar-refractivity contribution >= 4 is 11.7 Å². The molecule has 1 amide bonds. The van der Waals surface area contributed by atoms with Gasteiger partial charge in [-0.25, -0.2) is 0 Å². The van der Waals surface area contributed by atoms with Gasteiger partial charge in [0.1, 0.15) is 19.0 Å². The van der Waals surface area contributed by atoms with Crippen molar-refractivity contribution in [3.8, 4) is 17.2 Å². The lowest BCUT2D eigenvalue weighted by Crippen LogP contribution is -2.46. The number of nitrogens with zero attached hydrogens (tertiary/aromatic N) is 1. The number of hydrogen-bond acceptors (Lipinski definition) is 6. The molecule has 200 valence electrons. The molecule has 2 aliphatic rings. The van der Waals surface area contributed by atoms with Gasteiger partial charge in [0.25, 0.3) is 0 Å². The zero-order valence-electron chi connectivity index (χ0n) is 22.2. The fraction of sp³-hybridized carbons (Fsp3) is 0.533. The normalized spacial score (nSPS) is 17.8. The van der Waals surface area contributed by atoms with Gasteiger partial charge in [-0.2, -0.15) is 0 Å². The molecule has 2 heterocycles. The first-order valence-electron chi connectivity index (χ1n) is 13.6. The summed E-state index contributed by atoms with van der Waals surface area (Å²) in [4.78, 5) is 27.7. The average Bonchev–Trinajstić information content (AvgIpc) is 3.32. The molecule has 7 nitrogen and oxygen atoms in total. The van der Waals surface area contributed by atoms with E-state index in [-0.39, 0.29) is 17.7 Å². The first kappa shape index (κ1) is 27.0. The van der Waals surface area contributed by atoms with Crippen molar-refractivity contribution in [2.45, 2.75) is 70.4 Å². The number of carbonyl (C=O) groups excluding carboxylic acids is 2. The number of fused-ring (bicyclic) bond motifs is 1. The lowest BCUT2D eigenvalue weighted by molar-refractivity contribution is -0.122. The SMILES string of the molecule is COc1ccc(C(=O)CCCCCC(=O)NC(Cc2ccc3c(c2)OCCO3)CN2CCCC2C)cc1. The summed E-state index contributed by atoms with van der Waals surface area (Å²) in [6.45, 7) is 5.33. The smallest absolute Gasteiger partial charge is 0.220 e. The summed E-state index contributed by atoms with van der Waals surface area (Å²) in [5.74, 6) is 2.53. The van der Waals surface area contributed by atoms with E-state index in [0.29, 0.717) is 37.7 Å². The van der Waals surface area contributed by atoms with Crippen LogP contribution < -0.4 is 19.5 Å². The highest BCUT2D eigenvalue weighted by Crippen LogP contribution is 2.31. The Hall–Kier alpha value is -3.06. The van der Waals surface area contributed by atoms with Crippen molar-refractivity contribution in [2.75, 3.05) is 33.4 Å². The quantitative estimate of drug-likeness (QED) is 0.309. The molecule has 1 saturated heterocycles. The molecule has 2 aliphatic heterocycles. The molecule has 4 rings (SSSR count). The summed E-state index contributed by atoms with van der Waals surface area (Å²) in [7, 11) is 1.61. The zero-order chi connectivity index (χ0) is 26.0. The van der Waals surface area contributed by atoms with Gasteiger partial charge in [-0.15, -0.1) is 0 Å². The first-order valence-corrected chi connectivity index (χ1v) is 13.6. The third kappa shape index (κ3) is 7.96. The van der Waals surface area contributed by atoms with E-state index in [0.717, 1.165) is 61.6 Å². The second-order valence-electron chi connectivity index (χ2n) is 10.1. The standard InChI is InChI=1S/C30H40N2O5/c1-22-7-6-16-32(22)21-25(19-23-10-15-28-29(20-23)37-18-17-36-28)31-30(34)9-5-3-4-8-27(33)24-11-13-26(35-2)14-12-24/h10-15,20,22,25H,3-9,16-19,21H2,1-2H3,(H,31,34). The molecule has 0 radical (unpaired) electrons. The van der Waals surface area contributed by atoms with Gasteiger partial charge >= 0.3 is 0 Å². The Kier molecular flexibility index (Phi) is 9.83. The van der Waals surface area contributed by atoms with E-state index in [1.165, 1.54) is 12.8 Å². The van der Waals surface area contributed by atoms with Crippen LogP contribution in [0.2, 0.25) is 0 Å². The number of ketones is 1. The van der Waals surface area contributed by atoms with E-state index in [1.807, 2.05) is 24.3 Å². The van der Waals surface area contributed by atoms with Crippen molar-refractivity contribution in [3.05, 3.63) is 53.6 Å². The molecule has 37 heavy (non-hydrogen) atoms. The molecule has 1 fully saturated rings. The lowest BCUT2D eigenvalue weighted by atomic mass is 10.0. The molecule has 2 atom stereocenters. The number of amides is 1. The van der Waals surface area contributed by atoms with Gasteiger partial charge in [0.15, 0.2) is 17.3 Å². The van der Waals surface area contributed by atoms with Crippen molar-refractivity contribution in [1.29, 1.82) is 0 Å². The van der Waals surface area contributed by atoms with Gasteiger partial charge in [0, 0.05) is 37.0 Å². The molecular formula is C30H40N2O5. The number of ether oxygens (including phenoxy) is 3. The molecule has 0 bridgehead atoms. The van der Waals surface area contributed by atoms with Crippen LogP contribution in [0.15, 0.2) is 42.5 Å². The van der Waals surface area contributed by atoms with Crippen LogP contribution in [-0.2, 0) is 11.2 Å². The van der Waals surface area contributed by atoms with E-state index in [2.05, 4.69) is 23.2 Å². The molecular weight excluding hydrogens is 468 g/mol. The zero-order valence-corrected chi connectivity index (χ0v) is 22.2. The highest BCUT2D eigenvalue weighted by molar-refractivity contribution is 5.96. The number of nitrogens with one attached hydrogen (secondary N) is 1. The monoisotopic (exact) mass is 508 g/mol. The number of likely N-dealkylation sites (tertiary alicyclic amines) is 1. The number of hydrogen-bond donors (Lipinski definition) is 1. The molecule has 0 aliphatic carbocycles. The van der Waals surface area contributed by atoms with Crippen molar-refractivity contribution < 1.29 is 23.8 Å². The topological polar surface area (TPSA) is 77.1 Å². The number of carbonyl (C=O) groups is 2. The number of benzene rings is 2. The Morgan fingerprint density at radius 3 is 2.51 bits per heavy atom. The van der Waals surface area contributed by atoms with Crippen LogP contribution >= 0.6 is 0 Å². The maximum absolute atomic E-state index is 12.9. The van der Waals surface area contributed by atoms with Crippen LogP contribution in [0.25, 0.3) is 0 Å². The fourth-order valence-corrected chi connectivity index (χ4v) is 5.18. The Balaban J connectivity index is 1.24. The Bertz CT molecular complexity index is 1040. The lowest BCUT2D eigenvalue weighted by Gasteiger charge is -2.28. The summed E-state index contributed by atoms with van der Waals surface area (Å²) in [6.07, 6.45) is 6.55. The molecule has 7 heteroatoms. The highest BCUT2D eigenvalue weighted by Gasteiger charge is 2.25. The van der Waals surface area contributed by atoms with E-state index in [1.54, 1.807) is 19.2 Å². The summed E-state index contributed by atoms with van der Waals surface area (Å²) in [6, 6.07) is 13.9. The third-order valence-corrected chi connectivity index (χ3v) is 7.32. The predicted molar refractivity (Wildman–Crippen MR) is 144 cm³/mol. The number of unbranched alkanes of at least 4 members (excludes halogenated alkanes) is 2. The van der Waals surface area contributed by atoms with Gasteiger partial charge in [0.2, 0.25) is 5.91 Å². The van der Waals surface area contributed by atoms with E-state index in [9.17, 15) is 9.59 Å². The summed E-state index contributed by atoms with van der Waals surface area (Å²) >= 11 is 0. The molecule has 2 aromatic carbocycles. The van der Waals surface area contributed by atoms with Crippen LogP contribution in [-0.4, -0.2) is 62.1 Å². The number of rotatable bonds is 13. The maximum Gasteiger partial charge on any atom is 0.220 e. The van der Waals surface area contributed by atoms with E-state index >= 15 is 0 Å². The molecule has 0 spiro atoms. The van der Waals surface area contributed by atoms with Crippen LogP contribution in [0.4, 0.5) is 0 Å². The van der Waals surface area contributed by atoms with Crippen LogP contribution in [0.3, 0.4) is 0 Å². The third-order valence-electron chi connectivity index (χ3n) is 7.32. The molecule has 0 saturated carbocycles. The van der Waals surface area contributed by atoms with Crippen molar-refractivity contribution in [2.24, 2.45) is 0 Å². The van der Waals surface area contributed by atoms with Gasteiger partial charge in [-0.1, -0.05) is 12.5 Å². The second-order valence-corrected chi connectivity index (χ2v) is 10.1. The van der Waals surface area contributed by atoms with Crippen LogP contribution in [0.5, 0.6) is 17.2 Å². The minimum atomic E-state index is 0.0345.